The van der Waals surface area contributed by atoms with Gasteiger partial charge in [-0.25, -0.2) is 0 Å². The van der Waals surface area contributed by atoms with E-state index in [1.165, 1.54) is 25.7 Å². The summed E-state index contributed by atoms with van der Waals surface area (Å²) in [5, 5.41) is 6.18. The van der Waals surface area contributed by atoms with Crippen LogP contribution in [0.5, 0.6) is 0 Å². The second-order valence-corrected chi connectivity index (χ2v) is 7.03. The molecule has 2 N–H and O–H groups in total. The standard InChI is InChI=1S/C18H33N3O2.ClH/c1-2-13-21(16-9-11-19-12-10-16)18(23)14-20-17(22)8-7-15-5-3-4-6-15;/h15-16,19H,2-14H2,1H3,(H,20,22);1H. The quantitative estimate of drug-likeness (QED) is 0.700. The lowest BCUT2D eigenvalue weighted by molar-refractivity contribution is -0.135. The normalized spacial score (nSPS) is 18.9. The number of halogens is 1. The topological polar surface area (TPSA) is 61.4 Å². The summed E-state index contributed by atoms with van der Waals surface area (Å²) in [6.45, 7) is 5.01. The molecule has 1 aliphatic heterocycles. The molecule has 0 unspecified atom stereocenters. The van der Waals surface area contributed by atoms with Crippen LogP contribution in [0.1, 0.15) is 64.7 Å². The maximum Gasteiger partial charge on any atom is 0.242 e. The lowest BCUT2D eigenvalue weighted by Crippen LogP contribution is -2.49. The highest BCUT2D eigenvalue weighted by Crippen LogP contribution is 2.28. The molecule has 2 aliphatic rings. The molecule has 1 saturated carbocycles. The number of rotatable bonds is 8. The molecule has 1 aliphatic carbocycles. The summed E-state index contributed by atoms with van der Waals surface area (Å²) in [5.41, 5.74) is 0. The van der Waals surface area contributed by atoms with Gasteiger partial charge in [-0.15, -0.1) is 12.4 Å². The van der Waals surface area contributed by atoms with Crippen LogP contribution in [-0.2, 0) is 9.59 Å². The van der Waals surface area contributed by atoms with Crippen molar-refractivity contribution in [2.24, 2.45) is 5.92 Å². The number of hydrogen-bond donors (Lipinski definition) is 2. The van der Waals surface area contributed by atoms with Crippen molar-refractivity contribution in [2.45, 2.75) is 70.8 Å². The molecule has 1 saturated heterocycles. The van der Waals surface area contributed by atoms with Crippen LogP contribution in [0.25, 0.3) is 0 Å². The lowest BCUT2D eigenvalue weighted by atomic mass is 10.0. The molecule has 1 heterocycles. The van der Waals surface area contributed by atoms with Gasteiger partial charge in [0.25, 0.3) is 0 Å². The van der Waals surface area contributed by atoms with Gasteiger partial charge in [0.1, 0.15) is 0 Å². The largest absolute Gasteiger partial charge is 0.347 e. The van der Waals surface area contributed by atoms with Crippen molar-refractivity contribution in [1.82, 2.24) is 15.5 Å². The van der Waals surface area contributed by atoms with E-state index in [9.17, 15) is 9.59 Å². The van der Waals surface area contributed by atoms with Gasteiger partial charge in [-0.3, -0.25) is 9.59 Å². The Morgan fingerprint density at radius 1 is 1.12 bits per heavy atom. The van der Waals surface area contributed by atoms with Crippen LogP contribution in [0.4, 0.5) is 0 Å². The summed E-state index contributed by atoms with van der Waals surface area (Å²) in [6, 6.07) is 0.332. The molecular weight excluding hydrogens is 326 g/mol. The SMILES string of the molecule is CCCN(C(=O)CNC(=O)CCC1CCCC1)C1CCNCC1.Cl. The molecule has 0 aromatic carbocycles. The van der Waals surface area contributed by atoms with Crippen LogP contribution in [0.3, 0.4) is 0 Å². The predicted octanol–water partition coefficient (Wildman–Crippen LogP) is 2.49. The van der Waals surface area contributed by atoms with Gasteiger partial charge < -0.3 is 15.5 Å². The summed E-state index contributed by atoms with van der Waals surface area (Å²) in [5.74, 6) is 0.836. The fourth-order valence-corrected chi connectivity index (χ4v) is 3.87. The minimum atomic E-state index is 0. The minimum Gasteiger partial charge on any atom is -0.347 e. The Hall–Kier alpha value is -0.810. The van der Waals surface area contributed by atoms with E-state index in [2.05, 4.69) is 17.6 Å². The highest BCUT2D eigenvalue weighted by molar-refractivity contribution is 5.85. The molecule has 0 bridgehead atoms. The van der Waals surface area contributed by atoms with Crippen molar-refractivity contribution in [1.29, 1.82) is 0 Å². The number of nitrogens with one attached hydrogen (secondary N) is 2. The highest BCUT2D eigenvalue weighted by Gasteiger charge is 2.24. The van der Waals surface area contributed by atoms with E-state index in [0.29, 0.717) is 12.5 Å². The maximum atomic E-state index is 12.5. The van der Waals surface area contributed by atoms with E-state index in [-0.39, 0.29) is 30.8 Å². The zero-order chi connectivity index (χ0) is 16.5. The van der Waals surface area contributed by atoms with Crippen LogP contribution in [0.15, 0.2) is 0 Å². The zero-order valence-electron chi connectivity index (χ0n) is 15.0. The van der Waals surface area contributed by atoms with Crippen molar-refractivity contribution in [2.75, 3.05) is 26.2 Å². The third-order valence-corrected chi connectivity index (χ3v) is 5.23. The van der Waals surface area contributed by atoms with Crippen molar-refractivity contribution in [3.63, 3.8) is 0 Å². The van der Waals surface area contributed by atoms with E-state index in [1.807, 2.05) is 4.90 Å². The van der Waals surface area contributed by atoms with Crippen molar-refractivity contribution < 1.29 is 9.59 Å². The van der Waals surface area contributed by atoms with Crippen LogP contribution in [0, 0.1) is 5.92 Å². The van der Waals surface area contributed by atoms with Crippen LogP contribution < -0.4 is 10.6 Å². The highest BCUT2D eigenvalue weighted by atomic mass is 35.5. The van der Waals surface area contributed by atoms with Crippen LogP contribution >= 0.6 is 12.4 Å². The number of hydrogen-bond acceptors (Lipinski definition) is 3. The summed E-state index contributed by atoms with van der Waals surface area (Å²) in [4.78, 5) is 26.4. The Labute approximate surface area is 152 Å². The smallest absolute Gasteiger partial charge is 0.242 e. The van der Waals surface area contributed by atoms with E-state index in [0.717, 1.165) is 51.2 Å². The molecule has 24 heavy (non-hydrogen) atoms. The van der Waals surface area contributed by atoms with Crippen molar-refractivity contribution in [3.05, 3.63) is 0 Å². The number of amides is 2. The van der Waals surface area contributed by atoms with Crippen LogP contribution in [0.2, 0.25) is 0 Å². The molecule has 2 fully saturated rings. The molecule has 0 radical (unpaired) electrons. The van der Waals surface area contributed by atoms with Gasteiger partial charge in [0.2, 0.25) is 11.8 Å². The number of carbonyl (C=O) groups excluding carboxylic acids is 2. The minimum absolute atomic E-state index is 0. The number of nitrogens with zero attached hydrogens (tertiary/aromatic N) is 1. The van der Waals surface area contributed by atoms with E-state index >= 15 is 0 Å². The van der Waals surface area contributed by atoms with Gasteiger partial charge in [-0.1, -0.05) is 32.6 Å². The fraction of sp³-hybridized carbons (Fsp3) is 0.889. The van der Waals surface area contributed by atoms with Gasteiger partial charge in [0, 0.05) is 19.0 Å². The van der Waals surface area contributed by atoms with Crippen LogP contribution in [-0.4, -0.2) is 48.9 Å². The molecule has 140 valence electrons. The van der Waals surface area contributed by atoms with Crippen molar-refractivity contribution in [3.8, 4) is 0 Å². The molecule has 5 nitrogen and oxygen atoms in total. The summed E-state index contributed by atoms with van der Waals surface area (Å²) in [7, 11) is 0. The molecule has 6 heteroatoms. The molecule has 2 amide bonds. The Kier molecular flexibility index (Phi) is 10.3. The monoisotopic (exact) mass is 359 g/mol. The molecule has 2 rings (SSSR count). The predicted molar refractivity (Wildman–Crippen MR) is 99.3 cm³/mol. The first-order valence-electron chi connectivity index (χ1n) is 9.47. The van der Waals surface area contributed by atoms with Gasteiger partial charge in [-0.2, -0.15) is 0 Å². The molecule has 0 aromatic rings. The Morgan fingerprint density at radius 2 is 1.79 bits per heavy atom. The number of carbonyl (C=O) groups is 2. The summed E-state index contributed by atoms with van der Waals surface area (Å²) in [6.07, 6.45) is 9.71. The second-order valence-electron chi connectivity index (χ2n) is 7.03. The lowest BCUT2D eigenvalue weighted by Gasteiger charge is -2.34. The number of piperidine rings is 1. The second kappa shape index (κ2) is 11.7. The Morgan fingerprint density at radius 3 is 2.42 bits per heavy atom. The first-order valence-corrected chi connectivity index (χ1v) is 9.47. The van der Waals surface area contributed by atoms with Gasteiger partial charge in [0.05, 0.1) is 6.54 Å². The third-order valence-electron chi connectivity index (χ3n) is 5.23. The average Bonchev–Trinajstić information content (AvgIpc) is 3.10. The first kappa shape index (κ1) is 21.2. The third kappa shape index (κ3) is 6.98. The van der Waals surface area contributed by atoms with E-state index < -0.39 is 0 Å². The summed E-state index contributed by atoms with van der Waals surface area (Å²) < 4.78 is 0. The molecule has 0 atom stereocenters. The van der Waals surface area contributed by atoms with E-state index in [1.54, 1.807) is 0 Å². The average molecular weight is 360 g/mol. The molecule has 0 aromatic heterocycles. The van der Waals surface area contributed by atoms with E-state index in [4.69, 9.17) is 0 Å². The summed E-state index contributed by atoms with van der Waals surface area (Å²) >= 11 is 0. The van der Waals surface area contributed by atoms with Gasteiger partial charge in [-0.05, 0) is 44.7 Å². The van der Waals surface area contributed by atoms with Crippen molar-refractivity contribution >= 4 is 24.2 Å². The molecule has 0 spiro atoms. The first-order chi connectivity index (χ1) is 11.2. The Balaban J connectivity index is 0.00000288. The fourth-order valence-electron chi connectivity index (χ4n) is 3.87. The van der Waals surface area contributed by atoms with Gasteiger partial charge in [0.15, 0.2) is 0 Å². The Bertz CT molecular complexity index is 380. The zero-order valence-corrected chi connectivity index (χ0v) is 15.8. The molecular formula is C18H34ClN3O2. The van der Waals surface area contributed by atoms with Gasteiger partial charge >= 0.3 is 0 Å². The maximum absolute atomic E-state index is 12.5.